The molecular formula is C15H15ClN2O2S. The summed E-state index contributed by atoms with van der Waals surface area (Å²) in [5, 5.41) is 14.9. The van der Waals surface area contributed by atoms with E-state index >= 15 is 0 Å². The highest BCUT2D eigenvalue weighted by Crippen LogP contribution is 2.36. The van der Waals surface area contributed by atoms with Gasteiger partial charge in [0.1, 0.15) is 0 Å². The van der Waals surface area contributed by atoms with Gasteiger partial charge in [0.05, 0.1) is 9.95 Å². The first kappa shape index (κ1) is 15.7. The van der Waals surface area contributed by atoms with Crippen LogP contribution in [0.2, 0.25) is 5.02 Å². The molecule has 4 nitrogen and oxygen atoms in total. The number of benzene rings is 2. The molecule has 2 aromatic rings. The largest absolute Gasteiger partial charge is 0.385 e. The molecule has 110 valence electrons. The van der Waals surface area contributed by atoms with Gasteiger partial charge >= 0.3 is 0 Å². The fourth-order valence-corrected chi connectivity index (χ4v) is 2.96. The normalized spacial score (nSPS) is 10.4. The first-order valence-electron chi connectivity index (χ1n) is 6.56. The highest BCUT2D eigenvalue weighted by atomic mass is 35.5. The number of hydrogen-bond donors (Lipinski definition) is 1. The van der Waals surface area contributed by atoms with E-state index < -0.39 is 0 Å². The Balaban J connectivity index is 2.31. The summed E-state index contributed by atoms with van der Waals surface area (Å²) in [7, 11) is 0. The third-order valence-corrected chi connectivity index (χ3v) is 4.23. The number of nitro groups is 1. The van der Waals surface area contributed by atoms with Crippen LogP contribution in [0.3, 0.4) is 0 Å². The van der Waals surface area contributed by atoms with Crippen LogP contribution < -0.4 is 5.32 Å². The van der Waals surface area contributed by atoms with Crippen LogP contribution in [-0.2, 0) is 0 Å². The summed E-state index contributed by atoms with van der Waals surface area (Å²) in [6, 6.07) is 12.5. The van der Waals surface area contributed by atoms with Crippen LogP contribution in [0.1, 0.15) is 13.3 Å². The molecule has 0 unspecified atom stereocenters. The molecule has 21 heavy (non-hydrogen) atoms. The third-order valence-electron chi connectivity index (χ3n) is 2.75. The van der Waals surface area contributed by atoms with Gasteiger partial charge in [0.15, 0.2) is 0 Å². The van der Waals surface area contributed by atoms with Crippen LogP contribution >= 0.6 is 23.4 Å². The third kappa shape index (κ3) is 4.37. The molecule has 2 aromatic carbocycles. The number of nitrogens with zero attached hydrogens (tertiary/aromatic N) is 1. The second kappa shape index (κ2) is 7.33. The van der Waals surface area contributed by atoms with E-state index in [4.69, 9.17) is 11.6 Å². The number of rotatable bonds is 6. The molecule has 0 saturated heterocycles. The Labute approximate surface area is 132 Å². The molecule has 1 N–H and O–H groups in total. The number of hydrogen-bond acceptors (Lipinski definition) is 4. The summed E-state index contributed by atoms with van der Waals surface area (Å²) in [4.78, 5) is 12.3. The van der Waals surface area contributed by atoms with Gasteiger partial charge in [0, 0.05) is 34.2 Å². The Morgan fingerprint density at radius 1 is 1.29 bits per heavy atom. The molecule has 0 spiro atoms. The van der Waals surface area contributed by atoms with Crippen LogP contribution in [0.15, 0.2) is 52.3 Å². The smallest absolute Gasteiger partial charge is 0.272 e. The van der Waals surface area contributed by atoms with Crippen molar-refractivity contribution < 1.29 is 4.92 Å². The molecule has 0 heterocycles. The van der Waals surface area contributed by atoms with Crippen LogP contribution in [0.25, 0.3) is 0 Å². The zero-order chi connectivity index (χ0) is 15.2. The molecule has 0 fully saturated rings. The maximum Gasteiger partial charge on any atom is 0.272 e. The van der Waals surface area contributed by atoms with Gasteiger partial charge in [-0.25, -0.2) is 0 Å². The molecule has 0 saturated carbocycles. The Bertz CT molecular complexity index is 649. The lowest BCUT2D eigenvalue weighted by molar-refractivity contribution is -0.385. The molecule has 0 aliphatic carbocycles. The molecule has 0 bridgehead atoms. The number of nitrogens with one attached hydrogen (secondary N) is 1. The van der Waals surface area contributed by atoms with E-state index in [9.17, 15) is 10.1 Å². The zero-order valence-corrected chi connectivity index (χ0v) is 13.1. The Morgan fingerprint density at radius 2 is 2.05 bits per heavy atom. The molecule has 0 radical (unpaired) electrons. The van der Waals surface area contributed by atoms with Gasteiger partial charge in [0.2, 0.25) is 0 Å². The lowest BCUT2D eigenvalue weighted by Gasteiger charge is -2.08. The van der Waals surface area contributed by atoms with E-state index in [0.29, 0.717) is 5.02 Å². The topological polar surface area (TPSA) is 55.2 Å². The Morgan fingerprint density at radius 3 is 2.71 bits per heavy atom. The van der Waals surface area contributed by atoms with Crippen molar-refractivity contribution in [3.8, 4) is 0 Å². The average Bonchev–Trinajstić information content (AvgIpc) is 2.47. The molecule has 0 aliphatic rings. The first-order valence-corrected chi connectivity index (χ1v) is 7.75. The summed E-state index contributed by atoms with van der Waals surface area (Å²) >= 11 is 7.55. The van der Waals surface area contributed by atoms with Crippen molar-refractivity contribution in [2.75, 3.05) is 11.9 Å². The van der Waals surface area contributed by atoms with Crippen LogP contribution in [0, 0.1) is 10.1 Å². The molecular weight excluding hydrogens is 308 g/mol. The first-order chi connectivity index (χ1) is 10.1. The van der Waals surface area contributed by atoms with Gasteiger partial charge in [-0.15, -0.1) is 0 Å². The summed E-state index contributed by atoms with van der Waals surface area (Å²) in [6.45, 7) is 2.82. The number of nitro benzene ring substituents is 1. The van der Waals surface area contributed by atoms with E-state index in [1.54, 1.807) is 18.2 Å². The minimum Gasteiger partial charge on any atom is -0.385 e. The van der Waals surface area contributed by atoms with Crippen LogP contribution in [-0.4, -0.2) is 11.5 Å². The lowest BCUT2D eigenvalue weighted by Crippen LogP contribution is -2.00. The van der Waals surface area contributed by atoms with Gasteiger partial charge in [-0.2, -0.15) is 0 Å². The highest BCUT2D eigenvalue weighted by molar-refractivity contribution is 7.99. The Hall–Kier alpha value is -1.72. The van der Waals surface area contributed by atoms with E-state index in [1.807, 2.05) is 31.2 Å². The molecule has 0 amide bonds. The Kier molecular flexibility index (Phi) is 5.47. The van der Waals surface area contributed by atoms with Crippen molar-refractivity contribution in [3.05, 3.63) is 57.6 Å². The maximum atomic E-state index is 11.0. The van der Waals surface area contributed by atoms with Crippen LogP contribution in [0.4, 0.5) is 11.4 Å². The average molecular weight is 323 g/mol. The van der Waals surface area contributed by atoms with E-state index in [-0.39, 0.29) is 10.6 Å². The molecule has 0 atom stereocenters. The van der Waals surface area contributed by atoms with Crippen molar-refractivity contribution in [1.82, 2.24) is 0 Å². The van der Waals surface area contributed by atoms with Crippen molar-refractivity contribution in [2.24, 2.45) is 0 Å². The number of non-ortho nitro benzene ring substituents is 1. The van der Waals surface area contributed by atoms with Gasteiger partial charge < -0.3 is 5.32 Å². The predicted molar refractivity (Wildman–Crippen MR) is 87.5 cm³/mol. The summed E-state index contributed by atoms with van der Waals surface area (Å²) in [5.74, 6) is 0. The van der Waals surface area contributed by atoms with Gasteiger partial charge in [-0.3, -0.25) is 10.1 Å². The standard InChI is InChI=1S/C15H15ClN2O2S/c1-2-7-17-11-8-12(18(19)20)10-13(9-11)21-15-6-4-3-5-14(15)16/h3-6,8-10,17H,2,7H2,1H3. The molecule has 2 rings (SSSR count). The lowest BCUT2D eigenvalue weighted by atomic mass is 10.2. The highest BCUT2D eigenvalue weighted by Gasteiger charge is 2.11. The number of anilines is 1. The van der Waals surface area contributed by atoms with Crippen molar-refractivity contribution >= 4 is 34.7 Å². The molecule has 0 aromatic heterocycles. The second-order valence-corrected chi connectivity index (χ2v) is 5.95. The summed E-state index contributed by atoms with van der Waals surface area (Å²) in [5.41, 5.74) is 0.825. The minimum absolute atomic E-state index is 0.0747. The van der Waals surface area contributed by atoms with Crippen molar-refractivity contribution in [3.63, 3.8) is 0 Å². The van der Waals surface area contributed by atoms with Gasteiger partial charge in [-0.1, -0.05) is 42.4 Å². The number of halogens is 1. The quantitative estimate of drug-likeness (QED) is 0.585. The zero-order valence-electron chi connectivity index (χ0n) is 11.5. The van der Waals surface area contributed by atoms with E-state index in [0.717, 1.165) is 28.4 Å². The monoisotopic (exact) mass is 322 g/mol. The summed E-state index contributed by atoms with van der Waals surface area (Å²) < 4.78 is 0. The fraction of sp³-hybridized carbons (Fsp3) is 0.200. The predicted octanol–water partition coefficient (Wildman–Crippen LogP) is 5.22. The summed E-state index contributed by atoms with van der Waals surface area (Å²) in [6.07, 6.45) is 0.954. The van der Waals surface area contributed by atoms with E-state index in [1.165, 1.54) is 11.8 Å². The van der Waals surface area contributed by atoms with Crippen LogP contribution in [0.5, 0.6) is 0 Å². The van der Waals surface area contributed by atoms with Crippen molar-refractivity contribution in [1.29, 1.82) is 0 Å². The molecule has 0 aliphatic heterocycles. The maximum absolute atomic E-state index is 11.0. The van der Waals surface area contributed by atoms with E-state index in [2.05, 4.69) is 5.32 Å². The SMILES string of the molecule is CCCNc1cc(Sc2ccccc2Cl)cc([N+](=O)[O-])c1. The van der Waals surface area contributed by atoms with Gasteiger partial charge in [-0.05, 0) is 24.6 Å². The molecule has 6 heteroatoms. The van der Waals surface area contributed by atoms with Gasteiger partial charge in [0.25, 0.3) is 5.69 Å². The van der Waals surface area contributed by atoms with Crippen molar-refractivity contribution in [2.45, 2.75) is 23.1 Å². The fourth-order valence-electron chi connectivity index (χ4n) is 1.77. The second-order valence-electron chi connectivity index (χ2n) is 4.43. The minimum atomic E-state index is -0.381.